The zero-order chi connectivity index (χ0) is 15.6. The maximum Gasteiger partial charge on any atom is 0.358 e. The topological polar surface area (TPSA) is 56.3 Å². The van der Waals surface area contributed by atoms with E-state index in [0.717, 1.165) is 14.5 Å². The van der Waals surface area contributed by atoms with E-state index in [2.05, 4.69) is 36.8 Å². The third-order valence-corrected chi connectivity index (χ3v) is 5.67. The molecule has 0 spiro atoms. The summed E-state index contributed by atoms with van der Waals surface area (Å²) in [6, 6.07) is 5.62. The van der Waals surface area contributed by atoms with E-state index in [0.29, 0.717) is 9.88 Å². The summed E-state index contributed by atoms with van der Waals surface area (Å²) in [5.41, 5.74) is 0.913. The quantitative estimate of drug-likeness (QED) is 0.518. The number of nitrogens with zero attached hydrogens (tertiary/aromatic N) is 1. The van der Waals surface area contributed by atoms with Crippen molar-refractivity contribution >= 4 is 54.9 Å². The first-order chi connectivity index (χ1) is 9.93. The summed E-state index contributed by atoms with van der Waals surface area (Å²) in [6.07, 6.45) is 0. The molecular weight excluding hydrogens is 422 g/mol. The van der Waals surface area contributed by atoms with Crippen LogP contribution >= 0.6 is 43.2 Å². The fourth-order valence-corrected chi connectivity index (χ4v) is 3.22. The standard InChI is InChI=1S/C14H11Br2NO3S/c1-3-20-14(19)11-12(7(2)18)21-13(17-11)8-4-5-9(15)10(16)6-8/h4-6H,3H2,1-2H3. The normalized spacial score (nSPS) is 10.5. The predicted octanol–water partition coefficient (Wildman–Crippen LogP) is 4.71. The molecule has 0 saturated heterocycles. The molecule has 1 aromatic carbocycles. The number of aromatic nitrogens is 1. The van der Waals surface area contributed by atoms with Crippen LogP contribution in [0.2, 0.25) is 0 Å². The number of rotatable bonds is 4. The van der Waals surface area contributed by atoms with Crippen LogP contribution in [-0.2, 0) is 4.74 Å². The Morgan fingerprint density at radius 1 is 1.29 bits per heavy atom. The van der Waals surface area contributed by atoms with Crippen molar-refractivity contribution in [2.24, 2.45) is 0 Å². The number of hydrogen-bond donors (Lipinski definition) is 0. The van der Waals surface area contributed by atoms with Gasteiger partial charge in [0.1, 0.15) is 9.88 Å². The highest BCUT2D eigenvalue weighted by molar-refractivity contribution is 9.13. The van der Waals surface area contributed by atoms with Gasteiger partial charge in [0, 0.05) is 21.4 Å². The van der Waals surface area contributed by atoms with E-state index in [1.54, 1.807) is 6.92 Å². The maximum atomic E-state index is 11.9. The Bertz CT molecular complexity index is 712. The Hall–Kier alpha value is -1.05. The fraction of sp³-hybridized carbons (Fsp3) is 0.214. The summed E-state index contributed by atoms with van der Waals surface area (Å²) in [7, 11) is 0. The smallest absolute Gasteiger partial charge is 0.358 e. The van der Waals surface area contributed by atoms with Gasteiger partial charge in [-0.25, -0.2) is 9.78 Å². The number of carbonyl (C=O) groups excluding carboxylic acids is 2. The lowest BCUT2D eigenvalue weighted by atomic mass is 10.2. The Kier molecular flexibility index (Phi) is 5.29. The monoisotopic (exact) mass is 431 g/mol. The van der Waals surface area contributed by atoms with Gasteiger partial charge in [-0.05, 0) is 50.9 Å². The zero-order valence-electron chi connectivity index (χ0n) is 11.3. The van der Waals surface area contributed by atoms with Crippen molar-refractivity contribution < 1.29 is 14.3 Å². The second-order valence-corrected chi connectivity index (χ2v) is 6.81. The molecule has 0 bridgehead atoms. The van der Waals surface area contributed by atoms with Crippen LogP contribution in [0.4, 0.5) is 0 Å². The van der Waals surface area contributed by atoms with Crippen LogP contribution in [0.1, 0.15) is 34.0 Å². The van der Waals surface area contributed by atoms with Crippen LogP contribution in [0.5, 0.6) is 0 Å². The van der Waals surface area contributed by atoms with Crippen LogP contribution in [0, 0.1) is 0 Å². The molecule has 7 heteroatoms. The fourth-order valence-electron chi connectivity index (χ4n) is 1.65. The van der Waals surface area contributed by atoms with Crippen molar-refractivity contribution in [2.75, 3.05) is 6.61 Å². The lowest BCUT2D eigenvalue weighted by molar-refractivity contribution is 0.0517. The zero-order valence-corrected chi connectivity index (χ0v) is 15.3. The summed E-state index contributed by atoms with van der Waals surface area (Å²) in [5.74, 6) is -0.764. The van der Waals surface area contributed by atoms with E-state index < -0.39 is 5.97 Å². The number of esters is 1. The van der Waals surface area contributed by atoms with E-state index >= 15 is 0 Å². The molecule has 0 aliphatic carbocycles. The van der Waals surface area contributed by atoms with E-state index in [9.17, 15) is 9.59 Å². The first kappa shape index (κ1) is 16.3. The van der Waals surface area contributed by atoms with Crippen LogP contribution < -0.4 is 0 Å². The highest BCUT2D eigenvalue weighted by atomic mass is 79.9. The van der Waals surface area contributed by atoms with Crippen LogP contribution in [0.15, 0.2) is 27.1 Å². The molecule has 0 radical (unpaired) electrons. The van der Waals surface area contributed by atoms with Gasteiger partial charge in [-0.15, -0.1) is 11.3 Å². The third kappa shape index (κ3) is 3.59. The number of hydrogen-bond acceptors (Lipinski definition) is 5. The van der Waals surface area contributed by atoms with Gasteiger partial charge in [0.25, 0.3) is 0 Å². The van der Waals surface area contributed by atoms with Crippen LogP contribution in [-0.4, -0.2) is 23.3 Å². The third-order valence-electron chi connectivity index (χ3n) is 2.58. The van der Waals surface area contributed by atoms with Gasteiger partial charge in [0.2, 0.25) is 0 Å². The minimum atomic E-state index is -0.568. The lowest BCUT2D eigenvalue weighted by Crippen LogP contribution is -2.09. The molecule has 0 saturated carbocycles. The van der Waals surface area contributed by atoms with Gasteiger partial charge in [-0.2, -0.15) is 0 Å². The van der Waals surface area contributed by atoms with Crippen molar-refractivity contribution in [3.8, 4) is 10.6 Å². The first-order valence-corrected chi connectivity index (χ1v) is 8.48. The molecule has 0 unspecified atom stereocenters. The number of halogens is 2. The molecule has 2 rings (SSSR count). The van der Waals surface area contributed by atoms with E-state index in [4.69, 9.17) is 4.74 Å². The lowest BCUT2D eigenvalue weighted by Gasteiger charge is -2.00. The molecule has 110 valence electrons. The van der Waals surface area contributed by atoms with Gasteiger partial charge in [-0.3, -0.25) is 4.79 Å². The second-order valence-electron chi connectivity index (χ2n) is 4.10. The van der Waals surface area contributed by atoms with Crippen molar-refractivity contribution in [3.05, 3.63) is 37.7 Å². The average Bonchev–Trinajstić information content (AvgIpc) is 2.87. The van der Waals surface area contributed by atoms with E-state index in [1.807, 2.05) is 18.2 Å². The molecule has 0 aliphatic heterocycles. The molecular formula is C14H11Br2NO3S. The van der Waals surface area contributed by atoms with Gasteiger partial charge in [-0.1, -0.05) is 6.07 Å². The minimum absolute atomic E-state index is 0.0865. The molecule has 0 atom stereocenters. The minimum Gasteiger partial charge on any atom is -0.461 e. The van der Waals surface area contributed by atoms with Crippen LogP contribution in [0.25, 0.3) is 10.6 Å². The molecule has 4 nitrogen and oxygen atoms in total. The van der Waals surface area contributed by atoms with Crippen LogP contribution in [0.3, 0.4) is 0 Å². The molecule has 2 aromatic rings. The number of ether oxygens (including phenoxy) is 1. The SMILES string of the molecule is CCOC(=O)c1nc(-c2ccc(Br)c(Br)c2)sc1C(C)=O. The summed E-state index contributed by atoms with van der Waals surface area (Å²) >= 11 is 8.01. The van der Waals surface area contributed by atoms with Gasteiger partial charge in [0.15, 0.2) is 11.5 Å². The molecule has 0 aliphatic rings. The highest BCUT2D eigenvalue weighted by Crippen LogP contribution is 2.33. The number of Topliss-reactive ketones (excluding diaryl/α,β-unsaturated/α-hetero) is 1. The van der Waals surface area contributed by atoms with Crippen molar-refractivity contribution in [1.82, 2.24) is 4.98 Å². The highest BCUT2D eigenvalue weighted by Gasteiger charge is 2.22. The summed E-state index contributed by atoms with van der Waals surface area (Å²) in [4.78, 5) is 28.2. The Morgan fingerprint density at radius 3 is 2.57 bits per heavy atom. The second kappa shape index (κ2) is 6.81. The van der Waals surface area contributed by atoms with Crippen molar-refractivity contribution in [1.29, 1.82) is 0 Å². The molecule has 1 aromatic heterocycles. The molecule has 0 amide bonds. The average molecular weight is 433 g/mol. The largest absolute Gasteiger partial charge is 0.461 e. The number of benzene rings is 1. The molecule has 1 heterocycles. The summed E-state index contributed by atoms with van der Waals surface area (Å²) in [6.45, 7) is 3.37. The van der Waals surface area contributed by atoms with E-state index in [-0.39, 0.29) is 18.1 Å². The number of ketones is 1. The van der Waals surface area contributed by atoms with Gasteiger partial charge < -0.3 is 4.74 Å². The number of thiazole rings is 1. The van der Waals surface area contributed by atoms with Crippen molar-refractivity contribution in [3.63, 3.8) is 0 Å². The number of carbonyl (C=O) groups is 2. The molecule has 0 fully saturated rings. The Balaban J connectivity index is 2.50. The van der Waals surface area contributed by atoms with Gasteiger partial charge >= 0.3 is 5.97 Å². The molecule has 0 N–H and O–H groups in total. The van der Waals surface area contributed by atoms with Gasteiger partial charge in [0.05, 0.1) is 6.61 Å². The molecule has 21 heavy (non-hydrogen) atoms. The Morgan fingerprint density at radius 2 is 2.00 bits per heavy atom. The Labute approximate surface area is 142 Å². The summed E-state index contributed by atoms with van der Waals surface area (Å²) < 4.78 is 6.74. The maximum absolute atomic E-state index is 11.9. The van der Waals surface area contributed by atoms with E-state index in [1.165, 1.54) is 18.3 Å². The first-order valence-electron chi connectivity index (χ1n) is 6.08. The van der Waals surface area contributed by atoms with Crippen molar-refractivity contribution in [2.45, 2.75) is 13.8 Å². The summed E-state index contributed by atoms with van der Waals surface area (Å²) in [5, 5.41) is 0.608. The predicted molar refractivity (Wildman–Crippen MR) is 88.9 cm³/mol.